The van der Waals surface area contributed by atoms with Crippen LogP contribution in [-0.4, -0.2) is 30.4 Å². The summed E-state index contributed by atoms with van der Waals surface area (Å²) in [6, 6.07) is 2.41. The summed E-state index contributed by atoms with van der Waals surface area (Å²) in [5, 5.41) is 10.6. The van der Waals surface area contributed by atoms with Crippen LogP contribution in [0.2, 0.25) is 0 Å². The van der Waals surface area contributed by atoms with Gasteiger partial charge in [-0.2, -0.15) is 0 Å². The summed E-state index contributed by atoms with van der Waals surface area (Å²) in [6.07, 6.45) is 0.636. The van der Waals surface area contributed by atoms with E-state index in [4.69, 9.17) is 5.11 Å². The van der Waals surface area contributed by atoms with Crippen LogP contribution in [0.25, 0.3) is 0 Å². The summed E-state index contributed by atoms with van der Waals surface area (Å²) in [7, 11) is 1.47. The highest BCUT2D eigenvalue weighted by Crippen LogP contribution is 2.13. The van der Waals surface area contributed by atoms with Crippen molar-refractivity contribution in [1.29, 1.82) is 0 Å². The van der Waals surface area contributed by atoms with Gasteiger partial charge in [-0.25, -0.2) is 9.59 Å². The van der Waals surface area contributed by atoms with Gasteiger partial charge in [0, 0.05) is 7.05 Å². The summed E-state index contributed by atoms with van der Waals surface area (Å²) in [5.41, 5.74) is 4.54. The van der Waals surface area contributed by atoms with E-state index in [2.05, 4.69) is 11.1 Å². The van der Waals surface area contributed by atoms with E-state index in [1.165, 1.54) is 19.2 Å². The topological polar surface area (TPSA) is 109 Å². The third-order valence-electron chi connectivity index (χ3n) is 1.20. The van der Waals surface area contributed by atoms with Crippen LogP contribution in [0.3, 0.4) is 0 Å². The highest BCUT2D eigenvalue weighted by atomic mass is 32.1. The number of carbonyl (C=O) groups is 3. The molecule has 0 fully saturated rings. The van der Waals surface area contributed by atoms with Crippen molar-refractivity contribution in [2.24, 2.45) is 5.73 Å². The van der Waals surface area contributed by atoms with Crippen LogP contribution in [0.4, 0.5) is 4.79 Å². The SMILES string of the molecule is CNC(N)=O.O=Cc1ccc(C(=O)O)s1. The van der Waals surface area contributed by atoms with Crippen molar-refractivity contribution in [1.82, 2.24) is 5.32 Å². The Kier molecular flexibility index (Phi) is 5.72. The molecule has 0 atom stereocenters. The van der Waals surface area contributed by atoms with Crippen LogP contribution >= 0.6 is 11.3 Å². The predicted molar refractivity (Wildman–Crippen MR) is 55.3 cm³/mol. The molecule has 0 aromatic carbocycles. The third-order valence-corrected chi connectivity index (χ3v) is 2.20. The minimum atomic E-state index is -0.988. The number of nitrogens with one attached hydrogen (secondary N) is 1. The van der Waals surface area contributed by atoms with E-state index >= 15 is 0 Å². The number of aromatic carboxylic acids is 1. The molecule has 0 aliphatic carbocycles. The number of carboxylic acid groups (broad SMARTS) is 1. The third kappa shape index (κ3) is 5.42. The Morgan fingerprint density at radius 2 is 2.07 bits per heavy atom. The summed E-state index contributed by atoms with van der Waals surface area (Å²) >= 11 is 0.973. The molecule has 15 heavy (non-hydrogen) atoms. The van der Waals surface area contributed by atoms with Gasteiger partial charge in [-0.3, -0.25) is 4.79 Å². The van der Waals surface area contributed by atoms with Gasteiger partial charge in [0.25, 0.3) is 0 Å². The van der Waals surface area contributed by atoms with Crippen molar-refractivity contribution in [3.05, 3.63) is 21.9 Å². The maximum absolute atomic E-state index is 10.2. The van der Waals surface area contributed by atoms with Crippen molar-refractivity contribution < 1.29 is 19.5 Å². The van der Waals surface area contributed by atoms with E-state index in [0.717, 1.165) is 11.3 Å². The summed E-state index contributed by atoms with van der Waals surface area (Å²) < 4.78 is 0. The van der Waals surface area contributed by atoms with Crippen molar-refractivity contribution in [3.8, 4) is 0 Å². The minimum absolute atomic E-state index is 0.196. The number of thiophene rings is 1. The molecule has 1 aromatic heterocycles. The molecule has 4 N–H and O–H groups in total. The molecular weight excluding hydrogens is 220 g/mol. The van der Waals surface area contributed by atoms with Gasteiger partial charge in [0.1, 0.15) is 4.88 Å². The Balaban J connectivity index is 0.000000336. The zero-order chi connectivity index (χ0) is 11.8. The van der Waals surface area contributed by atoms with Crippen LogP contribution in [0.5, 0.6) is 0 Å². The average molecular weight is 230 g/mol. The van der Waals surface area contributed by atoms with Crippen molar-refractivity contribution in [2.45, 2.75) is 0 Å². The fourth-order valence-electron chi connectivity index (χ4n) is 0.531. The van der Waals surface area contributed by atoms with Crippen molar-refractivity contribution >= 4 is 29.6 Å². The fraction of sp³-hybridized carbons (Fsp3) is 0.125. The van der Waals surface area contributed by atoms with Crippen molar-refractivity contribution in [2.75, 3.05) is 7.05 Å². The van der Waals surface area contributed by atoms with Gasteiger partial charge < -0.3 is 16.2 Å². The van der Waals surface area contributed by atoms with Crippen LogP contribution in [0, 0.1) is 0 Å². The zero-order valence-electron chi connectivity index (χ0n) is 7.89. The lowest BCUT2D eigenvalue weighted by Crippen LogP contribution is -2.24. The lowest BCUT2D eigenvalue weighted by molar-refractivity contribution is 0.0702. The molecule has 0 bridgehead atoms. The smallest absolute Gasteiger partial charge is 0.345 e. The first-order valence-corrected chi connectivity index (χ1v) is 4.58. The molecule has 6 nitrogen and oxygen atoms in total. The highest BCUT2D eigenvalue weighted by molar-refractivity contribution is 7.15. The molecule has 1 aromatic rings. The van der Waals surface area contributed by atoms with E-state index in [9.17, 15) is 14.4 Å². The Bertz CT molecular complexity index is 361. The second-order valence-electron chi connectivity index (χ2n) is 2.24. The molecule has 0 spiro atoms. The van der Waals surface area contributed by atoms with Crippen LogP contribution in [0.15, 0.2) is 12.1 Å². The monoisotopic (exact) mass is 230 g/mol. The minimum Gasteiger partial charge on any atom is -0.477 e. The van der Waals surface area contributed by atoms with E-state index in [0.29, 0.717) is 11.2 Å². The number of hydrogen-bond donors (Lipinski definition) is 3. The molecule has 0 saturated heterocycles. The maximum atomic E-state index is 10.2. The molecule has 1 heterocycles. The lowest BCUT2D eigenvalue weighted by Gasteiger charge is -1.80. The van der Waals surface area contributed by atoms with Gasteiger partial charge in [-0.05, 0) is 12.1 Å². The van der Waals surface area contributed by atoms with E-state index < -0.39 is 12.0 Å². The lowest BCUT2D eigenvalue weighted by atomic mass is 10.4. The average Bonchev–Trinajstić information content (AvgIpc) is 2.67. The first-order valence-electron chi connectivity index (χ1n) is 3.76. The zero-order valence-corrected chi connectivity index (χ0v) is 8.71. The molecule has 1 rings (SSSR count). The maximum Gasteiger partial charge on any atom is 0.345 e. The molecule has 2 amide bonds. The van der Waals surface area contributed by atoms with Gasteiger partial charge in [0.2, 0.25) is 0 Å². The first-order chi connectivity index (χ1) is 7.01. The highest BCUT2D eigenvalue weighted by Gasteiger charge is 2.04. The van der Waals surface area contributed by atoms with Gasteiger partial charge in [-0.1, -0.05) is 0 Å². The second-order valence-corrected chi connectivity index (χ2v) is 3.35. The Morgan fingerprint density at radius 1 is 1.53 bits per heavy atom. The number of nitrogens with two attached hydrogens (primary N) is 1. The number of primary amides is 1. The Morgan fingerprint density at radius 3 is 2.27 bits per heavy atom. The summed E-state index contributed by atoms with van der Waals surface area (Å²) in [6.45, 7) is 0. The Labute approximate surface area is 89.7 Å². The predicted octanol–water partition coefficient (Wildman–Crippen LogP) is 0.543. The molecular formula is C8H10N2O4S. The number of carboxylic acids is 1. The van der Waals surface area contributed by atoms with E-state index in [-0.39, 0.29) is 4.88 Å². The fourth-order valence-corrected chi connectivity index (χ4v) is 1.19. The van der Waals surface area contributed by atoms with Gasteiger partial charge in [0.05, 0.1) is 4.88 Å². The molecule has 7 heteroatoms. The normalized spacial score (nSPS) is 8.33. The summed E-state index contributed by atoms with van der Waals surface area (Å²) in [4.78, 5) is 30.4. The first kappa shape index (κ1) is 13.1. The number of carbonyl (C=O) groups excluding carboxylic acids is 2. The molecule has 0 saturated carbocycles. The molecule has 0 aliphatic heterocycles. The van der Waals surface area contributed by atoms with Crippen LogP contribution < -0.4 is 11.1 Å². The van der Waals surface area contributed by atoms with E-state index in [1.54, 1.807) is 0 Å². The second kappa shape index (κ2) is 6.55. The molecule has 82 valence electrons. The van der Waals surface area contributed by atoms with Crippen LogP contribution in [-0.2, 0) is 0 Å². The van der Waals surface area contributed by atoms with Gasteiger partial charge in [0.15, 0.2) is 6.29 Å². The van der Waals surface area contributed by atoms with E-state index in [1.807, 2.05) is 0 Å². The van der Waals surface area contributed by atoms with Crippen molar-refractivity contribution in [3.63, 3.8) is 0 Å². The largest absolute Gasteiger partial charge is 0.477 e. The quantitative estimate of drug-likeness (QED) is 0.644. The molecule has 0 unspecified atom stereocenters. The molecule has 0 radical (unpaired) electrons. The van der Waals surface area contributed by atoms with Gasteiger partial charge >= 0.3 is 12.0 Å². The number of amides is 2. The van der Waals surface area contributed by atoms with Gasteiger partial charge in [-0.15, -0.1) is 11.3 Å². The standard InChI is InChI=1S/C6H4O3S.C2H6N2O/c7-3-4-1-2-5(10-4)6(8)9;1-4-2(3)5/h1-3H,(H,8,9);1H3,(H3,3,4,5). The van der Waals surface area contributed by atoms with Crippen LogP contribution in [0.1, 0.15) is 19.3 Å². The summed E-state index contributed by atoms with van der Waals surface area (Å²) in [5.74, 6) is -0.988. The number of aldehydes is 1. The molecule has 0 aliphatic rings. The number of rotatable bonds is 2. The Hall–Kier alpha value is -1.89. The number of hydrogen-bond acceptors (Lipinski definition) is 4. The number of urea groups is 1.